The average molecular weight is 362 g/mol. The van der Waals surface area contributed by atoms with Crippen molar-refractivity contribution < 1.29 is 36.3 Å². The van der Waals surface area contributed by atoms with Crippen molar-refractivity contribution in [1.82, 2.24) is 0 Å². The van der Waals surface area contributed by atoms with Gasteiger partial charge in [-0.05, 0) is 39.2 Å². The summed E-state index contributed by atoms with van der Waals surface area (Å²) in [7, 11) is -1.28. The van der Waals surface area contributed by atoms with Gasteiger partial charge in [0.05, 0.1) is 30.0 Å². The Morgan fingerprint density at radius 1 is 1.00 bits per heavy atom. The lowest BCUT2D eigenvalue weighted by Crippen LogP contribution is -2.41. The molecular formula is C16H19BF4O4. The molecule has 0 aromatic heterocycles. The van der Waals surface area contributed by atoms with E-state index in [9.17, 15) is 17.6 Å². The first-order valence-electron chi connectivity index (χ1n) is 7.92. The van der Waals surface area contributed by atoms with Gasteiger partial charge in [0.15, 0.2) is 6.29 Å². The van der Waals surface area contributed by atoms with E-state index in [2.05, 4.69) is 0 Å². The molecule has 0 saturated carbocycles. The Morgan fingerprint density at radius 2 is 1.52 bits per heavy atom. The summed E-state index contributed by atoms with van der Waals surface area (Å²) in [6.45, 7) is 7.41. The fraction of sp³-hybridized carbons (Fsp3) is 0.625. The molecule has 138 valence electrons. The van der Waals surface area contributed by atoms with Gasteiger partial charge < -0.3 is 18.8 Å². The highest BCUT2D eigenvalue weighted by Gasteiger charge is 2.54. The van der Waals surface area contributed by atoms with Crippen molar-refractivity contribution in [3.05, 3.63) is 29.1 Å². The zero-order chi connectivity index (χ0) is 18.6. The summed E-state index contributed by atoms with van der Waals surface area (Å²) in [6.07, 6.45) is -5.79. The van der Waals surface area contributed by atoms with Gasteiger partial charge in [-0.15, -0.1) is 0 Å². The number of rotatable bonds is 2. The predicted molar refractivity (Wildman–Crippen MR) is 81.8 cm³/mol. The maximum absolute atomic E-state index is 14.3. The van der Waals surface area contributed by atoms with Crippen LogP contribution < -0.4 is 5.46 Å². The van der Waals surface area contributed by atoms with Crippen LogP contribution in [0.1, 0.15) is 45.1 Å². The minimum Gasteiger partial charge on any atom is -0.399 e. The van der Waals surface area contributed by atoms with Gasteiger partial charge in [0.25, 0.3) is 0 Å². The number of benzene rings is 1. The summed E-state index contributed by atoms with van der Waals surface area (Å²) >= 11 is 0. The summed E-state index contributed by atoms with van der Waals surface area (Å²) in [5.74, 6) is -1.04. The van der Waals surface area contributed by atoms with Crippen molar-refractivity contribution in [1.29, 1.82) is 0 Å². The molecule has 0 atom stereocenters. The van der Waals surface area contributed by atoms with Crippen molar-refractivity contribution in [2.45, 2.75) is 51.4 Å². The zero-order valence-electron chi connectivity index (χ0n) is 14.4. The van der Waals surface area contributed by atoms with Crippen LogP contribution in [0.15, 0.2) is 12.1 Å². The second-order valence-corrected chi connectivity index (χ2v) is 7.12. The Bertz CT molecular complexity index is 653. The Labute approximate surface area is 143 Å². The quantitative estimate of drug-likeness (QED) is 0.598. The van der Waals surface area contributed by atoms with Crippen molar-refractivity contribution in [3.63, 3.8) is 0 Å². The maximum Gasteiger partial charge on any atom is 0.495 e. The fourth-order valence-corrected chi connectivity index (χ4v) is 2.74. The average Bonchev–Trinajstić information content (AvgIpc) is 3.04. The molecule has 2 saturated heterocycles. The number of halogens is 4. The van der Waals surface area contributed by atoms with Crippen molar-refractivity contribution in [2.24, 2.45) is 0 Å². The van der Waals surface area contributed by atoms with Crippen LogP contribution in [0.3, 0.4) is 0 Å². The maximum atomic E-state index is 14.3. The predicted octanol–water partition coefficient (Wildman–Crippen LogP) is 3.19. The van der Waals surface area contributed by atoms with Crippen LogP contribution in [-0.4, -0.2) is 31.5 Å². The van der Waals surface area contributed by atoms with Gasteiger partial charge in [0.1, 0.15) is 5.82 Å². The molecule has 2 fully saturated rings. The largest absolute Gasteiger partial charge is 0.495 e. The Balaban J connectivity index is 2.08. The van der Waals surface area contributed by atoms with Crippen LogP contribution in [0.25, 0.3) is 0 Å². The molecule has 0 radical (unpaired) electrons. The molecule has 1 aromatic carbocycles. The van der Waals surface area contributed by atoms with E-state index >= 15 is 0 Å². The molecule has 4 nitrogen and oxygen atoms in total. The van der Waals surface area contributed by atoms with E-state index in [1.807, 2.05) is 0 Å². The molecule has 2 aliphatic heterocycles. The minimum absolute atomic E-state index is 0.102. The van der Waals surface area contributed by atoms with E-state index in [4.69, 9.17) is 18.8 Å². The Hall–Kier alpha value is -1.16. The number of hydrogen-bond donors (Lipinski definition) is 0. The van der Waals surface area contributed by atoms with E-state index < -0.39 is 42.2 Å². The lowest BCUT2D eigenvalue weighted by Gasteiger charge is -2.32. The van der Waals surface area contributed by atoms with Gasteiger partial charge in [-0.1, -0.05) is 6.07 Å². The smallest absolute Gasteiger partial charge is 0.399 e. The lowest BCUT2D eigenvalue weighted by atomic mass is 9.74. The highest BCUT2D eigenvalue weighted by atomic mass is 19.4. The molecule has 9 heteroatoms. The summed E-state index contributed by atoms with van der Waals surface area (Å²) in [6, 6.07) is 1.51. The molecule has 0 unspecified atom stereocenters. The topological polar surface area (TPSA) is 36.9 Å². The van der Waals surface area contributed by atoms with Crippen molar-refractivity contribution in [2.75, 3.05) is 13.2 Å². The highest BCUT2D eigenvalue weighted by Crippen LogP contribution is 2.39. The second-order valence-electron chi connectivity index (χ2n) is 7.12. The zero-order valence-corrected chi connectivity index (χ0v) is 14.4. The Morgan fingerprint density at radius 3 is 2.00 bits per heavy atom. The third-order valence-electron chi connectivity index (χ3n) is 4.86. The molecule has 1 aromatic rings. The normalized spacial score (nSPS) is 23.4. The van der Waals surface area contributed by atoms with Gasteiger partial charge in [0, 0.05) is 5.56 Å². The molecule has 2 heterocycles. The lowest BCUT2D eigenvalue weighted by molar-refractivity contribution is -0.137. The second kappa shape index (κ2) is 5.94. The highest BCUT2D eigenvalue weighted by molar-refractivity contribution is 6.62. The molecule has 0 amide bonds. The van der Waals surface area contributed by atoms with E-state index in [0.717, 1.165) is 6.07 Å². The molecule has 3 rings (SSSR count). The van der Waals surface area contributed by atoms with Crippen LogP contribution >= 0.6 is 0 Å². The van der Waals surface area contributed by atoms with Crippen molar-refractivity contribution in [3.8, 4) is 0 Å². The molecule has 2 aliphatic rings. The first-order valence-corrected chi connectivity index (χ1v) is 7.92. The van der Waals surface area contributed by atoms with Gasteiger partial charge in [-0.25, -0.2) is 4.39 Å². The SMILES string of the molecule is CC1(C)OB(c2cc(C3OCCO3)c(F)cc2C(F)(F)F)OC1(C)C. The van der Waals surface area contributed by atoms with E-state index in [1.54, 1.807) is 27.7 Å². The Kier molecular flexibility index (Phi) is 4.43. The number of ether oxygens (including phenoxy) is 2. The fourth-order valence-electron chi connectivity index (χ4n) is 2.74. The van der Waals surface area contributed by atoms with E-state index in [1.165, 1.54) is 0 Å². The van der Waals surface area contributed by atoms with Gasteiger partial charge >= 0.3 is 13.3 Å². The summed E-state index contributed by atoms with van der Waals surface area (Å²) < 4.78 is 76.4. The monoisotopic (exact) mass is 362 g/mol. The summed E-state index contributed by atoms with van der Waals surface area (Å²) in [5, 5.41) is 0. The summed E-state index contributed by atoms with van der Waals surface area (Å²) in [5.41, 5.74) is -3.17. The standard InChI is InChI=1S/C16H19BF4O4/c1-14(2)15(3,4)25-17(24-14)11-7-9(13-22-5-6-23-13)12(18)8-10(11)16(19,20)21/h7-8,13H,5-6H2,1-4H3. The van der Waals surface area contributed by atoms with Crippen LogP contribution in [0.2, 0.25) is 0 Å². The molecular weight excluding hydrogens is 343 g/mol. The molecule has 25 heavy (non-hydrogen) atoms. The number of alkyl halides is 3. The summed E-state index contributed by atoms with van der Waals surface area (Å²) in [4.78, 5) is 0. The molecule has 0 spiro atoms. The van der Waals surface area contributed by atoms with Crippen LogP contribution in [0, 0.1) is 5.82 Å². The third-order valence-corrected chi connectivity index (χ3v) is 4.86. The molecule has 0 bridgehead atoms. The van der Waals surface area contributed by atoms with Crippen molar-refractivity contribution >= 4 is 12.6 Å². The van der Waals surface area contributed by atoms with Crippen LogP contribution in [0.5, 0.6) is 0 Å². The van der Waals surface area contributed by atoms with Crippen LogP contribution in [0.4, 0.5) is 17.6 Å². The molecule has 0 N–H and O–H groups in total. The molecule has 0 aliphatic carbocycles. The van der Waals surface area contributed by atoms with Gasteiger partial charge in [0.2, 0.25) is 0 Å². The van der Waals surface area contributed by atoms with Crippen LogP contribution in [-0.2, 0) is 25.0 Å². The van der Waals surface area contributed by atoms with Gasteiger partial charge in [-0.2, -0.15) is 13.2 Å². The van der Waals surface area contributed by atoms with E-state index in [0.29, 0.717) is 6.07 Å². The van der Waals surface area contributed by atoms with Gasteiger partial charge in [-0.3, -0.25) is 0 Å². The third kappa shape index (κ3) is 3.30. The first kappa shape index (κ1) is 18.6. The minimum atomic E-state index is -4.75. The van der Waals surface area contributed by atoms with E-state index in [-0.39, 0.29) is 24.2 Å². The number of hydrogen-bond acceptors (Lipinski definition) is 4. The first-order chi connectivity index (χ1) is 11.4.